The fourth-order valence-corrected chi connectivity index (χ4v) is 2.28. The van der Waals surface area contributed by atoms with Crippen molar-refractivity contribution in [1.82, 2.24) is 4.98 Å². The Bertz CT molecular complexity index is 498. The molecule has 1 aromatic heterocycles. The second-order valence-corrected chi connectivity index (χ2v) is 4.95. The number of fused-ring (bicyclic) bond motifs is 1. The highest BCUT2D eigenvalue weighted by atomic mass is 14.7. The number of para-hydroxylation sites is 1. The zero-order chi connectivity index (χ0) is 15.7. The number of benzene rings is 1. The predicted octanol–water partition coefficient (Wildman–Crippen LogP) is 6.53. The van der Waals surface area contributed by atoms with Crippen molar-refractivity contribution < 1.29 is 0 Å². The summed E-state index contributed by atoms with van der Waals surface area (Å²) in [5.41, 5.74) is 3.95. The van der Waals surface area contributed by atoms with E-state index in [1.807, 2.05) is 33.9 Å². The van der Waals surface area contributed by atoms with Crippen LogP contribution in [0.25, 0.3) is 10.9 Å². The van der Waals surface area contributed by atoms with Gasteiger partial charge in [-0.1, -0.05) is 73.6 Å². The van der Waals surface area contributed by atoms with Crippen molar-refractivity contribution in [1.29, 1.82) is 0 Å². The number of pyridine rings is 1. The molecule has 1 heterocycles. The van der Waals surface area contributed by atoms with E-state index in [9.17, 15) is 0 Å². The molecule has 2 aromatic rings. The molecule has 0 N–H and O–H groups in total. The first-order valence-electron chi connectivity index (χ1n) is 7.98. The van der Waals surface area contributed by atoms with Crippen LogP contribution in [0.5, 0.6) is 0 Å². The van der Waals surface area contributed by atoms with Gasteiger partial charge >= 0.3 is 0 Å². The van der Waals surface area contributed by atoms with E-state index in [-0.39, 0.29) is 0 Å². The molecule has 1 heteroatoms. The molecule has 0 saturated carbocycles. The molecule has 2 rings (SSSR count). The maximum atomic E-state index is 4.55. The molecule has 0 saturated heterocycles. The quantitative estimate of drug-likeness (QED) is 0.606. The van der Waals surface area contributed by atoms with Crippen LogP contribution in [0.1, 0.15) is 78.4 Å². The van der Waals surface area contributed by atoms with Gasteiger partial charge in [0.25, 0.3) is 0 Å². The molecule has 0 aliphatic carbocycles. The second kappa shape index (κ2) is 9.52. The molecule has 1 aromatic carbocycles. The highest BCUT2D eigenvalue weighted by molar-refractivity contribution is 5.83. The van der Waals surface area contributed by atoms with Gasteiger partial charge in [0.2, 0.25) is 0 Å². The first-order chi connectivity index (χ1) is 9.61. The van der Waals surface area contributed by atoms with Crippen LogP contribution in [0.2, 0.25) is 0 Å². The fourth-order valence-electron chi connectivity index (χ4n) is 2.28. The van der Waals surface area contributed by atoms with Crippen molar-refractivity contribution in [3.05, 3.63) is 41.6 Å². The van der Waals surface area contributed by atoms with Crippen molar-refractivity contribution in [2.75, 3.05) is 0 Å². The first kappa shape index (κ1) is 18.6. The lowest BCUT2D eigenvalue weighted by Gasteiger charge is -2.17. The third-order valence-corrected chi connectivity index (χ3v) is 3.05. The van der Waals surface area contributed by atoms with Gasteiger partial charge in [-0.2, -0.15) is 0 Å². The van der Waals surface area contributed by atoms with E-state index in [0.717, 1.165) is 5.52 Å². The topological polar surface area (TPSA) is 12.9 Å². The minimum atomic E-state index is 0.537. The van der Waals surface area contributed by atoms with Crippen LogP contribution in [-0.2, 0) is 0 Å². The Labute approximate surface area is 125 Å². The highest BCUT2D eigenvalue weighted by Crippen LogP contribution is 2.31. The molecular weight excluding hydrogens is 242 g/mol. The molecule has 0 bridgehead atoms. The summed E-state index contributed by atoms with van der Waals surface area (Å²) >= 11 is 0. The summed E-state index contributed by atoms with van der Waals surface area (Å²) in [5, 5.41) is 1.31. The predicted molar refractivity (Wildman–Crippen MR) is 92.6 cm³/mol. The van der Waals surface area contributed by atoms with Crippen molar-refractivity contribution in [3.63, 3.8) is 0 Å². The average Bonchev–Trinajstić information content (AvgIpc) is 2.49. The van der Waals surface area contributed by atoms with Crippen molar-refractivity contribution in [2.24, 2.45) is 0 Å². The third-order valence-electron chi connectivity index (χ3n) is 3.05. The summed E-state index contributed by atoms with van der Waals surface area (Å²) in [5.74, 6) is 1.08. The second-order valence-electron chi connectivity index (χ2n) is 4.95. The van der Waals surface area contributed by atoms with E-state index in [0.29, 0.717) is 11.8 Å². The Morgan fingerprint density at radius 1 is 0.800 bits per heavy atom. The summed E-state index contributed by atoms with van der Waals surface area (Å²) in [4.78, 5) is 4.55. The van der Waals surface area contributed by atoms with Crippen molar-refractivity contribution in [3.8, 4) is 0 Å². The fraction of sp³-hybridized carbons (Fsp3) is 0.526. The Morgan fingerprint density at radius 3 is 1.85 bits per heavy atom. The number of aromatic nitrogens is 1. The Morgan fingerprint density at radius 2 is 1.35 bits per heavy atom. The Hall–Kier alpha value is -1.37. The lowest BCUT2D eigenvalue weighted by Crippen LogP contribution is -2.01. The molecule has 0 amide bonds. The van der Waals surface area contributed by atoms with Gasteiger partial charge in [0.1, 0.15) is 0 Å². The number of hydrogen-bond donors (Lipinski definition) is 0. The standard InChI is InChI=1S/C15H19N.2C2H6/c1-10(2)13-9-16-14-8-6-5-7-12(14)15(13)11(3)4;2*1-2/h5-11H,1-4H3;2*1-2H3. The molecule has 0 unspecified atom stereocenters. The van der Waals surface area contributed by atoms with Gasteiger partial charge in [-0.3, -0.25) is 4.98 Å². The van der Waals surface area contributed by atoms with E-state index in [1.165, 1.54) is 16.5 Å². The zero-order valence-electron chi connectivity index (χ0n) is 14.5. The molecule has 0 fully saturated rings. The van der Waals surface area contributed by atoms with Crippen LogP contribution in [-0.4, -0.2) is 4.98 Å². The van der Waals surface area contributed by atoms with Gasteiger partial charge in [-0.15, -0.1) is 0 Å². The van der Waals surface area contributed by atoms with E-state index < -0.39 is 0 Å². The van der Waals surface area contributed by atoms with E-state index in [4.69, 9.17) is 0 Å². The molecule has 1 nitrogen and oxygen atoms in total. The van der Waals surface area contributed by atoms with Crippen LogP contribution < -0.4 is 0 Å². The normalized spacial score (nSPS) is 9.90. The lowest BCUT2D eigenvalue weighted by atomic mass is 9.89. The van der Waals surface area contributed by atoms with E-state index in [1.54, 1.807) is 0 Å². The number of hydrogen-bond acceptors (Lipinski definition) is 1. The van der Waals surface area contributed by atoms with Crippen molar-refractivity contribution >= 4 is 10.9 Å². The summed E-state index contributed by atoms with van der Waals surface area (Å²) in [6.45, 7) is 17.0. The first-order valence-corrected chi connectivity index (χ1v) is 7.98. The molecule has 0 spiro atoms. The van der Waals surface area contributed by atoms with Crippen LogP contribution in [0.15, 0.2) is 30.5 Å². The van der Waals surface area contributed by atoms with Gasteiger partial charge in [0, 0.05) is 11.6 Å². The largest absolute Gasteiger partial charge is 0.256 e. The Balaban J connectivity index is 0.000000829. The van der Waals surface area contributed by atoms with Crippen LogP contribution >= 0.6 is 0 Å². The van der Waals surface area contributed by atoms with Gasteiger partial charge < -0.3 is 0 Å². The minimum Gasteiger partial charge on any atom is -0.256 e. The van der Waals surface area contributed by atoms with Crippen LogP contribution in [0.3, 0.4) is 0 Å². The Kier molecular flexibility index (Phi) is 8.87. The lowest BCUT2D eigenvalue weighted by molar-refractivity contribution is 0.792. The molecule has 0 atom stereocenters. The van der Waals surface area contributed by atoms with E-state index in [2.05, 4.69) is 56.9 Å². The highest BCUT2D eigenvalue weighted by Gasteiger charge is 2.13. The number of nitrogens with zero attached hydrogens (tertiary/aromatic N) is 1. The van der Waals surface area contributed by atoms with Crippen molar-refractivity contribution in [2.45, 2.75) is 67.2 Å². The van der Waals surface area contributed by atoms with Crippen LogP contribution in [0.4, 0.5) is 0 Å². The summed E-state index contributed by atoms with van der Waals surface area (Å²) in [7, 11) is 0. The van der Waals surface area contributed by atoms with E-state index >= 15 is 0 Å². The molecular formula is C19H31N. The smallest absolute Gasteiger partial charge is 0.0705 e. The molecule has 20 heavy (non-hydrogen) atoms. The molecule has 0 aliphatic heterocycles. The minimum absolute atomic E-state index is 0.537. The van der Waals surface area contributed by atoms with Gasteiger partial charge in [0.05, 0.1) is 5.52 Å². The summed E-state index contributed by atoms with van der Waals surface area (Å²) in [6, 6.07) is 8.42. The van der Waals surface area contributed by atoms with Crippen LogP contribution in [0, 0.1) is 0 Å². The maximum Gasteiger partial charge on any atom is 0.0705 e. The van der Waals surface area contributed by atoms with Gasteiger partial charge in [-0.25, -0.2) is 0 Å². The molecule has 112 valence electrons. The summed E-state index contributed by atoms with van der Waals surface area (Å²) in [6.07, 6.45) is 2.04. The SMILES string of the molecule is CC.CC.CC(C)c1cnc2ccccc2c1C(C)C. The number of rotatable bonds is 2. The molecule has 0 radical (unpaired) electrons. The summed E-state index contributed by atoms with van der Waals surface area (Å²) < 4.78 is 0. The average molecular weight is 273 g/mol. The molecule has 0 aliphatic rings. The maximum absolute atomic E-state index is 4.55. The third kappa shape index (κ3) is 4.33. The van der Waals surface area contributed by atoms with Gasteiger partial charge in [0.15, 0.2) is 0 Å². The van der Waals surface area contributed by atoms with Gasteiger partial charge in [-0.05, 0) is 29.0 Å². The monoisotopic (exact) mass is 273 g/mol. The zero-order valence-corrected chi connectivity index (χ0v) is 14.5.